The molecule has 3 aromatic rings. The molecule has 142 valence electrons. The molecule has 2 aromatic heterocycles. The van der Waals surface area contributed by atoms with E-state index in [1.807, 2.05) is 0 Å². The second-order valence-corrected chi connectivity index (χ2v) is 5.37. The van der Waals surface area contributed by atoms with Gasteiger partial charge in [-0.2, -0.15) is 5.10 Å². The first-order chi connectivity index (χ1) is 12.8. The highest BCUT2D eigenvalue weighted by molar-refractivity contribution is 6.01. The van der Waals surface area contributed by atoms with Gasteiger partial charge in [-0.15, -0.1) is 13.2 Å². The lowest BCUT2D eigenvalue weighted by atomic mass is 10.2. The molecular formula is C16H14F3N5O3. The lowest BCUT2D eigenvalue weighted by molar-refractivity contribution is -0.274. The Labute approximate surface area is 150 Å². The fourth-order valence-electron chi connectivity index (χ4n) is 2.52. The normalized spacial score (nSPS) is 11.6. The van der Waals surface area contributed by atoms with Crippen LogP contribution in [-0.4, -0.2) is 38.7 Å². The number of nitrogens with one attached hydrogen (secondary N) is 1. The van der Waals surface area contributed by atoms with Gasteiger partial charge in [-0.05, 0) is 30.3 Å². The topological polar surface area (TPSA) is 115 Å². The third-order valence-electron chi connectivity index (χ3n) is 3.57. The number of carbonyl (C=O) groups is 1. The van der Waals surface area contributed by atoms with Gasteiger partial charge in [-0.1, -0.05) is 0 Å². The number of halogens is 3. The van der Waals surface area contributed by atoms with E-state index in [9.17, 15) is 18.0 Å². The van der Waals surface area contributed by atoms with Crippen LogP contribution in [0, 0.1) is 0 Å². The Morgan fingerprint density at radius 2 is 1.96 bits per heavy atom. The standard InChI is InChI=1S/C16H14F3N5O3/c17-16(18,19)27-10-3-1-9(2-4-10)24-15-14(12(7-20)23-24)11(5-6-21-15)22-13(26)8-25/h1-6,25H,7-8,20H2,(H,21,22,26). The van der Waals surface area contributed by atoms with Crippen LogP contribution in [0.5, 0.6) is 5.75 Å². The SMILES string of the molecule is NCc1nn(-c2ccc(OC(F)(F)F)cc2)c2nccc(NC(=O)CO)c12. The van der Waals surface area contributed by atoms with E-state index in [2.05, 4.69) is 20.1 Å². The summed E-state index contributed by atoms with van der Waals surface area (Å²) in [6.07, 6.45) is -3.36. The molecule has 1 aromatic carbocycles. The molecule has 0 atom stereocenters. The summed E-state index contributed by atoms with van der Waals surface area (Å²) in [5.74, 6) is -0.988. The number of nitrogens with zero attached hydrogens (tertiary/aromatic N) is 3. The molecule has 0 radical (unpaired) electrons. The van der Waals surface area contributed by atoms with E-state index in [0.717, 1.165) is 12.1 Å². The van der Waals surface area contributed by atoms with Crippen molar-refractivity contribution in [3.05, 3.63) is 42.2 Å². The van der Waals surface area contributed by atoms with Gasteiger partial charge in [-0.3, -0.25) is 4.79 Å². The number of pyridine rings is 1. The number of anilines is 1. The van der Waals surface area contributed by atoms with Gasteiger partial charge in [0.15, 0.2) is 5.65 Å². The predicted octanol–water partition coefficient (Wildman–Crippen LogP) is 1.71. The van der Waals surface area contributed by atoms with Crippen LogP contribution in [0.2, 0.25) is 0 Å². The minimum absolute atomic E-state index is 0.0342. The second-order valence-electron chi connectivity index (χ2n) is 5.37. The molecule has 2 heterocycles. The largest absolute Gasteiger partial charge is 0.573 e. The van der Waals surface area contributed by atoms with Gasteiger partial charge in [0.25, 0.3) is 0 Å². The summed E-state index contributed by atoms with van der Waals surface area (Å²) in [6, 6.07) is 6.59. The van der Waals surface area contributed by atoms with E-state index in [-0.39, 0.29) is 12.3 Å². The summed E-state index contributed by atoms with van der Waals surface area (Å²) in [6.45, 7) is -0.664. The average molecular weight is 381 g/mol. The highest BCUT2D eigenvalue weighted by Crippen LogP contribution is 2.29. The number of benzene rings is 1. The van der Waals surface area contributed by atoms with E-state index in [4.69, 9.17) is 10.8 Å². The molecule has 0 aliphatic rings. The summed E-state index contributed by atoms with van der Waals surface area (Å²) < 4.78 is 42.1. The van der Waals surface area contributed by atoms with Crippen LogP contribution in [0.15, 0.2) is 36.5 Å². The number of fused-ring (bicyclic) bond motifs is 1. The highest BCUT2D eigenvalue weighted by atomic mass is 19.4. The molecule has 0 unspecified atom stereocenters. The summed E-state index contributed by atoms with van der Waals surface area (Å²) in [4.78, 5) is 15.7. The molecule has 0 bridgehead atoms. The number of nitrogens with two attached hydrogens (primary N) is 1. The maximum atomic E-state index is 12.3. The van der Waals surface area contributed by atoms with Crippen molar-refractivity contribution in [3.8, 4) is 11.4 Å². The Morgan fingerprint density at radius 3 is 2.56 bits per heavy atom. The summed E-state index contributed by atoms with van der Waals surface area (Å²) in [5, 5.41) is 16.2. The van der Waals surface area contributed by atoms with E-state index in [1.54, 1.807) is 0 Å². The lowest BCUT2D eigenvalue weighted by Gasteiger charge is -2.09. The van der Waals surface area contributed by atoms with Crippen LogP contribution in [0.1, 0.15) is 5.69 Å². The third kappa shape index (κ3) is 3.99. The van der Waals surface area contributed by atoms with Gasteiger partial charge in [0, 0.05) is 12.7 Å². The van der Waals surface area contributed by atoms with E-state index >= 15 is 0 Å². The number of ether oxygens (including phenoxy) is 1. The van der Waals surface area contributed by atoms with Gasteiger partial charge in [0.2, 0.25) is 5.91 Å². The van der Waals surface area contributed by atoms with Crippen LogP contribution in [0.25, 0.3) is 16.7 Å². The number of rotatable bonds is 5. The minimum Gasteiger partial charge on any atom is -0.406 e. The van der Waals surface area contributed by atoms with Gasteiger partial charge in [0.1, 0.15) is 12.4 Å². The summed E-state index contributed by atoms with van der Waals surface area (Å²) in [7, 11) is 0. The average Bonchev–Trinajstić information content (AvgIpc) is 3.01. The molecule has 4 N–H and O–H groups in total. The molecule has 8 nitrogen and oxygen atoms in total. The molecule has 0 aliphatic carbocycles. The van der Waals surface area contributed by atoms with E-state index < -0.39 is 18.9 Å². The number of aromatic nitrogens is 3. The number of amides is 1. The summed E-state index contributed by atoms with van der Waals surface area (Å²) in [5.41, 5.74) is 7.27. The van der Waals surface area contributed by atoms with Crippen molar-refractivity contribution in [2.24, 2.45) is 5.73 Å². The van der Waals surface area contributed by atoms with Crippen LogP contribution in [-0.2, 0) is 11.3 Å². The molecule has 0 aliphatic heterocycles. The van der Waals surface area contributed by atoms with Crippen molar-refractivity contribution in [1.29, 1.82) is 0 Å². The molecule has 0 saturated carbocycles. The second kappa shape index (κ2) is 7.21. The fraction of sp³-hybridized carbons (Fsp3) is 0.188. The number of aliphatic hydroxyl groups excluding tert-OH is 1. The molecule has 0 fully saturated rings. The van der Waals surface area contributed by atoms with Crippen LogP contribution >= 0.6 is 0 Å². The van der Waals surface area contributed by atoms with Crippen molar-refractivity contribution in [2.75, 3.05) is 11.9 Å². The van der Waals surface area contributed by atoms with Crippen molar-refractivity contribution < 1.29 is 27.8 Å². The van der Waals surface area contributed by atoms with Crippen LogP contribution < -0.4 is 15.8 Å². The molecule has 0 spiro atoms. The monoisotopic (exact) mass is 381 g/mol. The molecule has 27 heavy (non-hydrogen) atoms. The molecule has 0 saturated heterocycles. The zero-order valence-corrected chi connectivity index (χ0v) is 13.7. The third-order valence-corrected chi connectivity index (χ3v) is 3.57. The minimum atomic E-state index is -4.78. The smallest absolute Gasteiger partial charge is 0.406 e. The quantitative estimate of drug-likeness (QED) is 0.620. The van der Waals surface area contributed by atoms with Gasteiger partial charge < -0.3 is 20.9 Å². The van der Waals surface area contributed by atoms with Crippen molar-refractivity contribution in [3.63, 3.8) is 0 Å². The zero-order valence-electron chi connectivity index (χ0n) is 13.7. The van der Waals surface area contributed by atoms with Gasteiger partial charge in [0.05, 0.1) is 22.5 Å². The van der Waals surface area contributed by atoms with E-state index in [1.165, 1.54) is 29.1 Å². The summed E-state index contributed by atoms with van der Waals surface area (Å²) >= 11 is 0. The van der Waals surface area contributed by atoms with Crippen molar-refractivity contribution in [2.45, 2.75) is 12.9 Å². The molecule has 1 amide bonds. The number of alkyl halides is 3. The number of hydrogen-bond donors (Lipinski definition) is 3. The van der Waals surface area contributed by atoms with Gasteiger partial charge >= 0.3 is 6.36 Å². The highest BCUT2D eigenvalue weighted by Gasteiger charge is 2.31. The first-order valence-corrected chi connectivity index (χ1v) is 7.66. The van der Waals surface area contributed by atoms with Crippen molar-refractivity contribution in [1.82, 2.24) is 14.8 Å². The number of carbonyl (C=O) groups excluding carboxylic acids is 1. The Morgan fingerprint density at radius 1 is 1.26 bits per heavy atom. The maximum Gasteiger partial charge on any atom is 0.573 e. The molecular weight excluding hydrogens is 367 g/mol. The predicted molar refractivity (Wildman–Crippen MR) is 89.2 cm³/mol. The van der Waals surface area contributed by atoms with Crippen LogP contribution in [0.4, 0.5) is 18.9 Å². The number of hydrogen-bond acceptors (Lipinski definition) is 6. The fourth-order valence-corrected chi connectivity index (χ4v) is 2.52. The lowest BCUT2D eigenvalue weighted by Crippen LogP contribution is -2.17. The van der Waals surface area contributed by atoms with E-state index in [0.29, 0.717) is 28.1 Å². The Bertz CT molecular complexity index is 970. The first kappa shape index (κ1) is 18.6. The molecule has 11 heteroatoms. The molecule has 3 rings (SSSR count). The van der Waals surface area contributed by atoms with Crippen molar-refractivity contribution >= 4 is 22.6 Å². The zero-order chi connectivity index (χ0) is 19.6. The van der Waals surface area contributed by atoms with Crippen LogP contribution in [0.3, 0.4) is 0 Å². The Kier molecular flexibility index (Phi) is 4.97. The Hall–Kier alpha value is -3.18. The Balaban J connectivity index is 2.05. The maximum absolute atomic E-state index is 12.3. The number of aliphatic hydroxyl groups is 1. The van der Waals surface area contributed by atoms with Gasteiger partial charge in [-0.25, -0.2) is 9.67 Å². The first-order valence-electron chi connectivity index (χ1n) is 7.66.